The molecule has 3 aromatic rings. The van der Waals surface area contributed by atoms with Crippen molar-refractivity contribution in [1.82, 2.24) is 10.3 Å². The summed E-state index contributed by atoms with van der Waals surface area (Å²) in [4.78, 5) is 16.7. The second-order valence-corrected chi connectivity index (χ2v) is 6.39. The average molecular weight is 403 g/mol. The van der Waals surface area contributed by atoms with Crippen LogP contribution in [0.5, 0.6) is 17.2 Å². The zero-order valence-corrected chi connectivity index (χ0v) is 15.9. The fourth-order valence-electron chi connectivity index (χ4n) is 2.44. The minimum atomic E-state index is -0.309. The van der Waals surface area contributed by atoms with Crippen LogP contribution in [0.3, 0.4) is 0 Å². The predicted molar refractivity (Wildman–Crippen MR) is 105 cm³/mol. The Morgan fingerprint density at radius 1 is 1.07 bits per heavy atom. The summed E-state index contributed by atoms with van der Waals surface area (Å²) >= 11 is 12.1. The Bertz CT molecular complexity index is 963. The van der Waals surface area contributed by atoms with Gasteiger partial charge in [-0.05, 0) is 24.3 Å². The molecule has 0 unspecified atom stereocenters. The Hall–Kier alpha value is -2.76. The van der Waals surface area contributed by atoms with Crippen LogP contribution in [0.2, 0.25) is 10.0 Å². The molecule has 0 aliphatic heterocycles. The van der Waals surface area contributed by atoms with E-state index in [1.165, 1.54) is 12.4 Å². The molecule has 0 spiro atoms. The quantitative estimate of drug-likeness (QED) is 0.621. The van der Waals surface area contributed by atoms with Crippen LogP contribution in [0.15, 0.2) is 60.9 Å². The summed E-state index contributed by atoms with van der Waals surface area (Å²) in [6, 6.07) is 13.9. The van der Waals surface area contributed by atoms with E-state index in [4.69, 9.17) is 32.7 Å². The van der Waals surface area contributed by atoms with Crippen molar-refractivity contribution in [2.75, 3.05) is 7.11 Å². The van der Waals surface area contributed by atoms with Gasteiger partial charge in [0.15, 0.2) is 5.75 Å². The van der Waals surface area contributed by atoms with Crippen LogP contribution >= 0.6 is 23.2 Å². The first-order valence-corrected chi connectivity index (χ1v) is 8.81. The summed E-state index contributed by atoms with van der Waals surface area (Å²) in [5, 5.41) is 3.71. The number of carbonyl (C=O) groups is 1. The van der Waals surface area contributed by atoms with E-state index >= 15 is 0 Å². The van der Waals surface area contributed by atoms with Crippen molar-refractivity contribution < 1.29 is 14.3 Å². The third kappa shape index (κ3) is 4.70. The average Bonchev–Trinajstić information content (AvgIpc) is 2.69. The van der Waals surface area contributed by atoms with E-state index in [-0.39, 0.29) is 11.7 Å². The molecule has 1 amide bonds. The van der Waals surface area contributed by atoms with Gasteiger partial charge in [0.05, 0.1) is 23.9 Å². The second kappa shape index (κ2) is 8.75. The fourth-order valence-corrected chi connectivity index (χ4v) is 2.76. The topological polar surface area (TPSA) is 60.5 Å². The number of pyridine rings is 1. The summed E-state index contributed by atoms with van der Waals surface area (Å²) in [7, 11) is 1.59. The number of rotatable bonds is 6. The van der Waals surface area contributed by atoms with Gasteiger partial charge < -0.3 is 14.8 Å². The number of nitrogens with one attached hydrogen (secondary N) is 1. The van der Waals surface area contributed by atoms with Gasteiger partial charge in [0.25, 0.3) is 5.91 Å². The molecule has 1 N–H and O–H groups in total. The lowest BCUT2D eigenvalue weighted by molar-refractivity contribution is 0.0948. The van der Waals surface area contributed by atoms with E-state index in [0.29, 0.717) is 33.7 Å². The summed E-state index contributed by atoms with van der Waals surface area (Å²) < 4.78 is 11.1. The highest BCUT2D eigenvalue weighted by Gasteiger charge is 2.15. The fraction of sp³-hybridized carbons (Fsp3) is 0.100. The Labute approximate surface area is 166 Å². The molecule has 7 heteroatoms. The van der Waals surface area contributed by atoms with Crippen molar-refractivity contribution >= 4 is 29.1 Å². The van der Waals surface area contributed by atoms with Crippen LogP contribution < -0.4 is 14.8 Å². The highest BCUT2D eigenvalue weighted by Crippen LogP contribution is 2.33. The molecule has 0 atom stereocenters. The summed E-state index contributed by atoms with van der Waals surface area (Å²) in [6.07, 6.45) is 2.97. The van der Waals surface area contributed by atoms with Gasteiger partial charge >= 0.3 is 0 Å². The molecule has 0 bridgehead atoms. The van der Waals surface area contributed by atoms with Crippen LogP contribution in [0.4, 0.5) is 0 Å². The number of halogens is 2. The molecule has 0 radical (unpaired) electrons. The molecule has 3 rings (SSSR count). The Morgan fingerprint density at radius 2 is 1.89 bits per heavy atom. The lowest BCUT2D eigenvalue weighted by Gasteiger charge is -2.13. The van der Waals surface area contributed by atoms with Gasteiger partial charge in [-0.1, -0.05) is 41.4 Å². The van der Waals surface area contributed by atoms with E-state index < -0.39 is 0 Å². The van der Waals surface area contributed by atoms with Gasteiger partial charge in [0, 0.05) is 29.4 Å². The number of carbonyl (C=O) groups excluding carboxylic acids is 1. The van der Waals surface area contributed by atoms with E-state index in [1.807, 2.05) is 24.3 Å². The number of methoxy groups -OCH3 is 1. The highest BCUT2D eigenvalue weighted by atomic mass is 35.5. The molecule has 0 aliphatic rings. The van der Waals surface area contributed by atoms with Crippen molar-refractivity contribution in [2.24, 2.45) is 0 Å². The number of benzene rings is 2. The van der Waals surface area contributed by atoms with E-state index in [2.05, 4.69) is 10.3 Å². The monoisotopic (exact) mass is 402 g/mol. The van der Waals surface area contributed by atoms with Crippen molar-refractivity contribution in [3.8, 4) is 17.2 Å². The Balaban J connectivity index is 1.78. The van der Waals surface area contributed by atoms with Crippen LogP contribution in [0.1, 0.15) is 15.9 Å². The molecular formula is C20H16Cl2N2O3. The molecule has 0 saturated heterocycles. The van der Waals surface area contributed by atoms with Crippen LogP contribution in [-0.2, 0) is 6.54 Å². The summed E-state index contributed by atoms with van der Waals surface area (Å²) in [5.41, 5.74) is 1.19. The van der Waals surface area contributed by atoms with Crippen LogP contribution in [0.25, 0.3) is 0 Å². The molecule has 138 valence electrons. The third-order valence-corrected chi connectivity index (χ3v) is 4.32. The first-order chi connectivity index (χ1) is 13.1. The van der Waals surface area contributed by atoms with Gasteiger partial charge in [-0.2, -0.15) is 0 Å². The standard InChI is InChI=1S/C20H16Cl2N2O3/c1-26-17-5-3-2-4-13(17)11-24-20(25)15-8-9-23-12-19(15)27-18-10-14(21)6-7-16(18)22/h2-10,12H,11H2,1H3,(H,24,25). The lowest BCUT2D eigenvalue weighted by Crippen LogP contribution is -2.23. The molecule has 0 saturated carbocycles. The predicted octanol–water partition coefficient (Wildman–Crippen LogP) is 5.12. The van der Waals surface area contributed by atoms with E-state index in [0.717, 1.165) is 5.56 Å². The number of hydrogen-bond acceptors (Lipinski definition) is 4. The van der Waals surface area contributed by atoms with Gasteiger partial charge in [-0.3, -0.25) is 9.78 Å². The van der Waals surface area contributed by atoms with Gasteiger partial charge in [0.2, 0.25) is 0 Å². The van der Waals surface area contributed by atoms with E-state index in [9.17, 15) is 4.79 Å². The zero-order chi connectivity index (χ0) is 19.2. The van der Waals surface area contributed by atoms with Gasteiger partial charge in [-0.25, -0.2) is 0 Å². The molecular weight excluding hydrogens is 387 g/mol. The normalized spacial score (nSPS) is 10.3. The highest BCUT2D eigenvalue weighted by molar-refractivity contribution is 6.34. The number of amides is 1. The van der Waals surface area contributed by atoms with Crippen molar-refractivity contribution in [3.63, 3.8) is 0 Å². The molecule has 1 heterocycles. The number of para-hydroxylation sites is 1. The maximum Gasteiger partial charge on any atom is 0.255 e. The first kappa shape index (κ1) is 19.0. The smallest absolute Gasteiger partial charge is 0.255 e. The van der Waals surface area contributed by atoms with E-state index in [1.54, 1.807) is 31.4 Å². The molecule has 2 aromatic carbocycles. The number of ether oxygens (including phenoxy) is 2. The SMILES string of the molecule is COc1ccccc1CNC(=O)c1ccncc1Oc1cc(Cl)ccc1Cl. The van der Waals surface area contributed by atoms with Gasteiger partial charge in [0.1, 0.15) is 11.5 Å². The Kier molecular flexibility index (Phi) is 6.16. The maximum atomic E-state index is 12.7. The minimum absolute atomic E-state index is 0.277. The lowest BCUT2D eigenvalue weighted by atomic mass is 10.2. The molecule has 27 heavy (non-hydrogen) atoms. The van der Waals surface area contributed by atoms with Crippen molar-refractivity contribution in [3.05, 3.63) is 82.1 Å². The summed E-state index contributed by atoms with van der Waals surface area (Å²) in [6.45, 7) is 0.308. The molecule has 5 nitrogen and oxygen atoms in total. The van der Waals surface area contributed by atoms with Crippen molar-refractivity contribution in [1.29, 1.82) is 0 Å². The van der Waals surface area contributed by atoms with Crippen molar-refractivity contribution in [2.45, 2.75) is 6.54 Å². The second-order valence-electron chi connectivity index (χ2n) is 5.54. The van der Waals surface area contributed by atoms with Crippen LogP contribution in [-0.4, -0.2) is 18.0 Å². The zero-order valence-electron chi connectivity index (χ0n) is 14.4. The summed E-state index contributed by atoms with van der Waals surface area (Å²) in [5.74, 6) is 1.02. The molecule has 0 aliphatic carbocycles. The number of aromatic nitrogens is 1. The third-order valence-electron chi connectivity index (χ3n) is 3.77. The molecule has 0 fully saturated rings. The maximum absolute atomic E-state index is 12.7. The largest absolute Gasteiger partial charge is 0.496 e. The van der Waals surface area contributed by atoms with Crippen LogP contribution in [0, 0.1) is 0 Å². The number of hydrogen-bond donors (Lipinski definition) is 1. The first-order valence-electron chi connectivity index (χ1n) is 8.05. The van der Waals surface area contributed by atoms with Gasteiger partial charge in [-0.15, -0.1) is 0 Å². The number of nitrogens with zero attached hydrogens (tertiary/aromatic N) is 1. The minimum Gasteiger partial charge on any atom is -0.496 e. The Morgan fingerprint density at radius 3 is 2.70 bits per heavy atom. The molecule has 1 aromatic heterocycles.